The molecule has 0 aliphatic rings. The number of nitrogen functional groups attached to an aromatic ring is 1. The van der Waals surface area contributed by atoms with E-state index in [2.05, 4.69) is 10.3 Å². The van der Waals surface area contributed by atoms with Crippen LogP contribution in [0.25, 0.3) is 0 Å². The molecule has 0 radical (unpaired) electrons. The molecule has 4 N–H and O–H groups in total. The SMILES string of the molecule is C[C@@H](NC(=O)c1csc(N)n1)C(=O)O. The summed E-state index contributed by atoms with van der Waals surface area (Å²) in [6.07, 6.45) is 0. The average molecular weight is 215 g/mol. The monoisotopic (exact) mass is 215 g/mol. The minimum Gasteiger partial charge on any atom is -0.480 e. The van der Waals surface area contributed by atoms with Crippen LogP contribution in [0.1, 0.15) is 17.4 Å². The van der Waals surface area contributed by atoms with Crippen molar-refractivity contribution in [1.82, 2.24) is 10.3 Å². The van der Waals surface area contributed by atoms with E-state index in [4.69, 9.17) is 10.8 Å². The Morgan fingerprint density at radius 1 is 1.71 bits per heavy atom. The van der Waals surface area contributed by atoms with Gasteiger partial charge in [-0.3, -0.25) is 9.59 Å². The summed E-state index contributed by atoms with van der Waals surface area (Å²) < 4.78 is 0. The van der Waals surface area contributed by atoms with Gasteiger partial charge in [0.1, 0.15) is 11.7 Å². The smallest absolute Gasteiger partial charge is 0.325 e. The van der Waals surface area contributed by atoms with Gasteiger partial charge in [-0.05, 0) is 6.92 Å². The van der Waals surface area contributed by atoms with E-state index in [1.807, 2.05) is 0 Å². The van der Waals surface area contributed by atoms with Gasteiger partial charge in [-0.25, -0.2) is 4.98 Å². The first-order valence-corrected chi connectivity index (χ1v) is 4.63. The highest BCUT2D eigenvalue weighted by molar-refractivity contribution is 7.13. The summed E-state index contributed by atoms with van der Waals surface area (Å²) >= 11 is 1.13. The number of carboxylic acids is 1. The summed E-state index contributed by atoms with van der Waals surface area (Å²) in [5.74, 6) is -1.63. The van der Waals surface area contributed by atoms with E-state index < -0.39 is 17.9 Å². The minimum atomic E-state index is -1.10. The number of carboxylic acid groups (broad SMARTS) is 1. The van der Waals surface area contributed by atoms with Gasteiger partial charge in [0.2, 0.25) is 0 Å². The number of thiazole rings is 1. The molecule has 0 unspecified atom stereocenters. The first kappa shape index (κ1) is 10.5. The van der Waals surface area contributed by atoms with E-state index in [0.29, 0.717) is 0 Å². The van der Waals surface area contributed by atoms with E-state index in [0.717, 1.165) is 11.3 Å². The number of nitrogens with two attached hydrogens (primary N) is 1. The van der Waals surface area contributed by atoms with Crippen molar-refractivity contribution in [3.63, 3.8) is 0 Å². The quantitative estimate of drug-likeness (QED) is 0.654. The number of aromatic nitrogens is 1. The molecule has 0 aromatic carbocycles. The van der Waals surface area contributed by atoms with Crippen LogP contribution < -0.4 is 11.1 Å². The van der Waals surface area contributed by atoms with E-state index in [1.54, 1.807) is 0 Å². The lowest BCUT2D eigenvalue weighted by molar-refractivity contribution is -0.138. The van der Waals surface area contributed by atoms with Crippen molar-refractivity contribution in [3.05, 3.63) is 11.1 Å². The molecule has 0 spiro atoms. The molecule has 1 rings (SSSR count). The summed E-state index contributed by atoms with van der Waals surface area (Å²) in [5, 5.41) is 12.5. The van der Waals surface area contributed by atoms with Crippen LogP contribution in [0.2, 0.25) is 0 Å². The Bertz CT molecular complexity index is 363. The Hall–Kier alpha value is -1.63. The molecule has 1 amide bonds. The number of aliphatic carboxylic acids is 1. The molecule has 1 aromatic rings. The Morgan fingerprint density at radius 2 is 2.36 bits per heavy atom. The van der Waals surface area contributed by atoms with Crippen LogP contribution >= 0.6 is 11.3 Å². The zero-order valence-corrected chi connectivity index (χ0v) is 8.17. The summed E-state index contributed by atoms with van der Waals surface area (Å²) in [7, 11) is 0. The third-order valence-electron chi connectivity index (χ3n) is 1.47. The summed E-state index contributed by atoms with van der Waals surface area (Å²) in [4.78, 5) is 25.4. The molecule has 1 atom stereocenters. The number of carbonyl (C=O) groups excluding carboxylic acids is 1. The van der Waals surface area contributed by atoms with Gasteiger partial charge in [0.15, 0.2) is 5.13 Å². The molecule has 76 valence electrons. The number of anilines is 1. The zero-order valence-electron chi connectivity index (χ0n) is 7.35. The van der Waals surface area contributed by atoms with Crippen molar-refractivity contribution in [1.29, 1.82) is 0 Å². The van der Waals surface area contributed by atoms with Gasteiger partial charge in [0.05, 0.1) is 0 Å². The molecular formula is C7H9N3O3S. The van der Waals surface area contributed by atoms with Gasteiger partial charge < -0.3 is 16.2 Å². The molecule has 6 nitrogen and oxygen atoms in total. The van der Waals surface area contributed by atoms with Gasteiger partial charge in [-0.2, -0.15) is 0 Å². The van der Waals surface area contributed by atoms with Gasteiger partial charge in [0, 0.05) is 5.38 Å². The molecule has 14 heavy (non-hydrogen) atoms. The third kappa shape index (κ3) is 2.43. The maximum Gasteiger partial charge on any atom is 0.325 e. The van der Waals surface area contributed by atoms with Gasteiger partial charge in [0.25, 0.3) is 5.91 Å². The van der Waals surface area contributed by atoms with Gasteiger partial charge in [-0.15, -0.1) is 11.3 Å². The molecule has 0 saturated carbocycles. The zero-order chi connectivity index (χ0) is 10.7. The van der Waals surface area contributed by atoms with E-state index in [1.165, 1.54) is 12.3 Å². The predicted octanol–water partition coefficient (Wildman–Crippen LogP) is -0.0718. The van der Waals surface area contributed by atoms with Crippen LogP contribution in [0.3, 0.4) is 0 Å². The fourth-order valence-corrected chi connectivity index (χ4v) is 1.27. The largest absolute Gasteiger partial charge is 0.480 e. The second-order valence-electron chi connectivity index (χ2n) is 2.60. The van der Waals surface area contributed by atoms with E-state index in [-0.39, 0.29) is 10.8 Å². The molecule has 0 saturated heterocycles. The van der Waals surface area contributed by atoms with Crippen LogP contribution in [0.15, 0.2) is 5.38 Å². The third-order valence-corrected chi connectivity index (χ3v) is 2.15. The Balaban J connectivity index is 2.63. The Kier molecular flexibility index (Phi) is 3.03. The highest BCUT2D eigenvalue weighted by atomic mass is 32.1. The first-order valence-electron chi connectivity index (χ1n) is 3.75. The van der Waals surface area contributed by atoms with Crippen molar-refractivity contribution >= 4 is 28.3 Å². The highest BCUT2D eigenvalue weighted by Crippen LogP contribution is 2.10. The minimum absolute atomic E-state index is 0.139. The Morgan fingerprint density at radius 3 is 2.79 bits per heavy atom. The van der Waals surface area contributed by atoms with Gasteiger partial charge >= 0.3 is 5.97 Å². The number of rotatable bonds is 3. The van der Waals surface area contributed by atoms with Crippen molar-refractivity contribution in [2.24, 2.45) is 0 Å². The van der Waals surface area contributed by atoms with Crippen molar-refractivity contribution in [3.8, 4) is 0 Å². The normalized spacial score (nSPS) is 12.1. The van der Waals surface area contributed by atoms with Crippen LogP contribution in [0, 0.1) is 0 Å². The maximum atomic E-state index is 11.3. The lowest BCUT2D eigenvalue weighted by Gasteiger charge is -2.06. The van der Waals surface area contributed by atoms with Crippen molar-refractivity contribution < 1.29 is 14.7 Å². The molecule has 1 heterocycles. The molecule has 0 aliphatic heterocycles. The number of carbonyl (C=O) groups is 2. The fourth-order valence-electron chi connectivity index (χ4n) is 0.724. The summed E-state index contributed by atoms with van der Waals surface area (Å²) in [5.41, 5.74) is 5.46. The topological polar surface area (TPSA) is 105 Å². The fraction of sp³-hybridized carbons (Fsp3) is 0.286. The first-order chi connectivity index (χ1) is 6.50. The van der Waals surface area contributed by atoms with Crippen LogP contribution in [-0.2, 0) is 4.79 Å². The Labute approximate surface area is 83.8 Å². The highest BCUT2D eigenvalue weighted by Gasteiger charge is 2.16. The van der Waals surface area contributed by atoms with Crippen LogP contribution in [-0.4, -0.2) is 28.0 Å². The van der Waals surface area contributed by atoms with Gasteiger partial charge in [-0.1, -0.05) is 0 Å². The lowest BCUT2D eigenvalue weighted by Crippen LogP contribution is -2.38. The summed E-state index contributed by atoms with van der Waals surface area (Å²) in [6.45, 7) is 1.37. The van der Waals surface area contributed by atoms with Crippen LogP contribution in [0.4, 0.5) is 5.13 Å². The number of hydrogen-bond acceptors (Lipinski definition) is 5. The average Bonchev–Trinajstić information content (AvgIpc) is 2.51. The molecular weight excluding hydrogens is 206 g/mol. The standard InChI is InChI=1S/C7H9N3O3S/c1-3(6(12)13)9-5(11)4-2-14-7(8)10-4/h2-3H,1H3,(H2,8,10)(H,9,11)(H,12,13)/t3-/m1/s1. The lowest BCUT2D eigenvalue weighted by atomic mass is 10.3. The predicted molar refractivity (Wildman–Crippen MR) is 51.1 cm³/mol. The molecule has 1 aromatic heterocycles. The molecule has 0 aliphatic carbocycles. The second kappa shape index (κ2) is 4.05. The second-order valence-corrected chi connectivity index (χ2v) is 3.49. The number of nitrogens with zero attached hydrogens (tertiary/aromatic N) is 1. The van der Waals surface area contributed by atoms with E-state index >= 15 is 0 Å². The maximum absolute atomic E-state index is 11.3. The molecule has 7 heteroatoms. The van der Waals surface area contributed by atoms with Crippen LogP contribution in [0.5, 0.6) is 0 Å². The van der Waals surface area contributed by atoms with E-state index in [9.17, 15) is 9.59 Å². The summed E-state index contributed by atoms with van der Waals surface area (Å²) in [6, 6.07) is -0.939. The molecule has 0 bridgehead atoms. The van der Waals surface area contributed by atoms with Crippen molar-refractivity contribution in [2.45, 2.75) is 13.0 Å². The number of hydrogen-bond donors (Lipinski definition) is 3. The number of nitrogens with one attached hydrogen (secondary N) is 1. The number of amides is 1. The molecule has 0 fully saturated rings. The van der Waals surface area contributed by atoms with Crippen molar-refractivity contribution in [2.75, 3.05) is 5.73 Å².